The van der Waals surface area contributed by atoms with Gasteiger partial charge in [-0.05, 0) is 17.7 Å². The van der Waals surface area contributed by atoms with Gasteiger partial charge in [0.2, 0.25) is 0 Å². The number of aryl methyl sites for hydroxylation is 1. The van der Waals surface area contributed by atoms with Gasteiger partial charge in [-0.3, -0.25) is 9.59 Å². The van der Waals surface area contributed by atoms with Crippen LogP contribution in [0.2, 0.25) is 0 Å². The van der Waals surface area contributed by atoms with Gasteiger partial charge < -0.3 is 14.6 Å². The minimum Gasteiger partial charge on any atom is -0.488 e. The number of benzene rings is 1. The molecule has 1 amide bonds. The van der Waals surface area contributed by atoms with Gasteiger partial charge in [0, 0.05) is 31.3 Å². The third kappa shape index (κ3) is 2.81. The van der Waals surface area contributed by atoms with Crippen molar-refractivity contribution in [3.8, 4) is 5.75 Å². The van der Waals surface area contributed by atoms with Crippen molar-refractivity contribution in [2.45, 2.75) is 12.5 Å². The third-order valence-corrected chi connectivity index (χ3v) is 3.57. The van der Waals surface area contributed by atoms with E-state index in [0.717, 1.165) is 17.7 Å². The van der Waals surface area contributed by atoms with Gasteiger partial charge in [0.1, 0.15) is 11.9 Å². The van der Waals surface area contributed by atoms with Gasteiger partial charge in [-0.15, -0.1) is 0 Å². The number of carbonyl (C=O) groups excluding carboxylic acids is 1. The molecule has 0 saturated carbocycles. The van der Waals surface area contributed by atoms with Crippen LogP contribution in [0.5, 0.6) is 5.75 Å². The fraction of sp³-hybridized carbons (Fsp3) is 0.250. The van der Waals surface area contributed by atoms with E-state index in [0.29, 0.717) is 12.1 Å². The number of para-hydroxylation sites is 1. The van der Waals surface area contributed by atoms with Crippen molar-refractivity contribution in [1.29, 1.82) is 0 Å². The lowest BCUT2D eigenvalue weighted by Gasteiger charge is -2.12. The third-order valence-electron chi connectivity index (χ3n) is 3.57. The average molecular weight is 284 g/mol. The Morgan fingerprint density at radius 2 is 2.19 bits per heavy atom. The first-order valence-electron chi connectivity index (χ1n) is 6.83. The molecule has 0 aliphatic carbocycles. The first-order chi connectivity index (χ1) is 10.1. The van der Waals surface area contributed by atoms with Crippen molar-refractivity contribution >= 4 is 5.91 Å². The summed E-state index contributed by atoms with van der Waals surface area (Å²) in [6.07, 6.45) is 2.31. The molecule has 2 aromatic rings. The van der Waals surface area contributed by atoms with Gasteiger partial charge in [0.25, 0.3) is 11.5 Å². The average Bonchev–Trinajstić information content (AvgIpc) is 2.90. The van der Waals surface area contributed by atoms with Crippen LogP contribution in [0, 0.1) is 0 Å². The molecule has 0 bridgehead atoms. The molecule has 0 fully saturated rings. The molecule has 3 rings (SSSR count). The van der Waals surface area contributed by atoms with Crippen molar-refractivity contribution in [3.63, 3.8) is 0 Å². The van der Waals surface area contributed by atoms with Crippen LogP contribution in [-0.2, 0) is 13.5 Å². The molecular formula is C16H16N2O3. The van der Waals surface area contributed by atoms with Gasteiger partial charge in [0.05, 0.1) is 6.54 Å². The minimum absolute atomic E-state index is 0.0575. The molecule has 2 heterocycles. The van der Waals surface area contributed by atoms with Crippen LogP contribution < -0.4 is 15.6 Å². The topological polar surface area (TPSA) is 60.3 Å². The predicted octanol–water partition coefficient (Wildman–Crippen LogP) is 1.12. The zero-order valence-electron chi connectivity index (χ0n) is 11.7. The number of hydrogen-bond donors (Lipinski definition) is 1. The largest absolute Gasteiger partial charge is 0.488 e. The van der Waals surface area contributed by atoms with Gasteiger partial charge in [0.15, 0.2) is 0 Å². The molecule has 1 aliphatic rings. The Kier molecular flexibility index (Phi) is 3.48. The lowest BCUT2D eigenvalue weighted by Crippen LogP contribution is -2.35. The Bertz CT molecular complexity index is 711. The van der Waals surface area contributed by atoms with E-state index in [2.05, 4.69) is 5.32 Å². The Morgan fingerprint density at radius 1 is 1.38 bits per heavy atom. The maximum absolute atomic E-state index is 12.0. The van der Waals surface area contributed by atoms with Crippen LogP contribution in [0.15, 0.2) is 47.4 Å². The summed E-state index contributed by atoms with van der Waals surface area (Å²) in [5, 5.41) is 2.81. The molecule has 5 nitrogen and oxygen atoms in total. The number of fused-ring (bicyclic) bond motifs is 1. The summed E-state index contributed by atoms with van der Waals surface area (Å²) in [5.74, 6) is 0.623. The summed E-state index contributed by atoms with van der Waals surface area (Å²) in [6.45, 7) is 0.419. The Balaban J connectivity index is 1.60. The number of pyridine rings is 1. The van der Waals surface area contributed by atoms with Crippen LogP contribution >= 0.6 is 0 Å². The normalized spacial score (nSPS) is 16.1. The van der Waals surface area contributed by atoms with Crippen molar-refractivity contribution in [2.24, 2.45) is 7.05 Å². The van der Waals surface area contributed by atoms with E-state index >= 15 is 0 Å². The molecule has 0 spiro atoms. The van der Waals surface area contributed by atoms with Crippen molar-refractivity contribution in [3.05, 3.63) is 64.1 Å². The summed E-state index contributed by atoms with van der Waals surface area (Å²) in [7, 11) is 1.65. The predicted molar refractivity (Wildman–Crippen MR) is 78.6 cm³/mol. The highest BCUT2D eigenvalue weighted by atomic mass is 16.5. The Hall–Kier alpha value is -2.56. The van der Waals surface area contributed by atoms with Crippen molar-refractivity contribution in [1.82, 2.24) is 9.88 Å². The van der Waals surface area contributed by atoms with E-state index in [1.54, 1.807) is 19.3 Å². The van der Waals surface area contributed by atoms with E-state index in [1.165, 1.54) is 10.6 Å². The molecule has 0 saturated heterocycles. The van der Waals surface area contributed by atoms with Gasteiger partial charge in [-0.25, -0.2) is 0 Å². The molecule has 1 aromatic heterocycles. The van der Waals surface area contributed by atoms with Gasteiger partial charge in [-0.2, -0.15) is 0 Å². The number of ether oxygens (including phenoxy) is 1. The standard InChI is InChI=1S/C16H16N2O3/c1-18-7-6-12(9-15(18)19)16(20)17-10-13-8-11-4-2-3-5-14(11)21-13/h2-7,9,13H,8,10H2,1H3,(H,17,20)/t13-/m1/s1. The molecule has 1 atom stereocenters. The number of nitrogens with zero attached hydrogens (tertiary/aromatic N) is 1. The maximum Gasteiger partial charge on any atom is 0.251 e. The second-order valence-electron chi connectivity index (χ2n) is 5.13. The number of carbonyl (C=O) groups is 1. The number of rotatable bonds is 3. The van der Waals surface area contributed by atoms with E-state index in [9.17, 15) is 9.59 Å². The molecule has 108 valence electrons. The van der Waals surface area contributed by atoms with Crippen molar-refractivity contribution < 1.29 is 9.53 Å². The maximum atomic E-state index is 12.0. The lowest BCUT2D eigenvalue weighted by atomic mass is 10.1. The first kappa shape index (κ1) is 13.4. The van der Waals surface area contributed by atoms with E-state index in [-0.39, 0.29) is 17.6 Å². The van der Waals surface area contributed by atoms with Crippen LogP contribution in [0.4, 0.5) is 0 Å². The summed E-state index contributed by atoms with van der Waals surface area (Å²) < 4.78 is 7.18. The molecule has 5 heteroatoms. The van der Waals surface area contributed by atoms with Crippen LogP contribution in [0.1, 0.15) is 15.9 Å². The number of hydrogen-bond acceptors (Lipinski definition) is 3. The number of aromatic nitrogens is 1. The highest BCUT2D eigenvalue weighted by molar-refractivity contribution is 5.93. The first-order valence-corrected chi connectivity index (χ1v) is 6.83. The van der Waals surface area contributed by atoms with E-state index in [1.807, 2.05) is 24.3 Å². The summed E-state index contributed by atoms with van der Waals surface area (Å²) in [4.78, 5) is 23.5. The number of nitrogens with one attached hydrogen (secondary N) is 1. The summed E-state index contributed by atoms with van der Waals surface area (Å²) >= 11 is 0. The van der Waals surface area contributed by atoms with Crippen molar-refractivity contribution in [2.75, 3.05) is 6.54 Å². The summed E-state index contributed by atoms with van der Waals surface area (Å²) in [5.41, 5.74) is 1.33. The zero-order valence-corrected chi connectivity index (χ0v) is 11.7. The van der Waals surface area contributed by atoms with E-state index < -0.39 is 0 Å². The smallest absolute Gasteiger partial charge is 0.251 e. The molecule has 1 aliphatic heterocycles. The second-order valence-corrected chi connectivity index (χ2v) is 5.13. The molecule has 21 heavy (non-hydrogen) atoms. The van der Waals surface area contributed by atoms with Crippen LogP contribution in [0.3, 0.4) is 0 Å². The quantitative estimate of drug-likeness (QED) is 0.918. The highest BCUT2D eigenvalue weighted by Crippen LogP contribution is 2.27. The monoisotopic (exact) mass is 284 g/mol. The number of amides is 1. The molecule has 1 aromatic carbocycles. The highest BCUT2D eigenvalue weighted by Gasteiger charge is 2.22. The minimum atomic E-state index is -0.257. The molecule has 1 N–H and O–H groups in total. The molecule has 0 unspecified atom stereocenters. The summed E-state index contributed by atoms with van der Waals surface area (Å²) in [6, 6.07) is 10.8. The molecular weight excluding hydrogens is 268 g/mol. The fourth-order valence-corrected chi connectivity index (χ4v) is 2.37. The van der Waals surface area contributed by atoms with Crippen LogP contribution in [-0.4, -0.2) is 23.1 Å². The zero-order chi connectivity index (χ0) is 14.8. The Morgan fingerprint density at radius 3 is 2.95 bits per heavy atom. The van der Waals surface area contributed by atoms with Gasteiger partial charge in [-0.1, -0.05) is 18.2 Å². The van der Waals surface area contributed by atoms with Gasteiger partial charge >= 0.3 is 0 Å². The SMILES string of the molecule is Cn1ccc(C(=O)NC[C@H]2Cc3ccccc3O2)cc1=O. The van der Waals surface area contributed by atoms with Crippen LogP contribution in [0.25, 0.3) is 0 Å². The van der Waals surface area contributed by atoms with E-state index in [4.69, 9.17) is 4.74 Å². The second kappa shape index (κ2) is 5.44. The molecule has 0 radical (unpaired) electrons. The lowest BCUT2D eigenvalue weighted by molar-refractivity contribution is 0.0933. The Labute approximate surface area is 122 Å². The fourth-order valence-electron chi connectivity index (χ4n) is 2.37.